The molecule has 2 aromatic rings. The molecule has 0 aliphatic carbocycles. The summed E-state index contributed by atoms with van der Waals surface area (Å²) in [4.78, 5) is 14.6. The van der Waals surface area contributed by atoms with E-state index >= 15 is 0 Å². The van der Waals surface area contributed by atoms with Crippen LogP contribution in [0.2, 0.25) is 0 Å². The summed E-state index contributed by atoms with van der Waals surface area (Å²) < 4.78 is 19.4. The molecule has 2 heterocycles. The van der Waals surface area contributed by atoms with Crippen molar-refractivity contribution in [3.8, 4) is 0 Å². The van der Waals surface area contributed by atoms with Gasteiger partial charge in [-0.2, -0.15) is 0 Å². The fourth-order valence-corrected chi connectivity index (χ4v) is 4.24. The van der Waals surface area contributed by atoms with E-state index in [1.54, 1.807) is 12.1 Å². The van der Waals surface area contributed by atoms with Crippen LogP contribution in [0.1, 0.15) is 42.4 Å². The summed E-state index contributed by atoms with van der Waals surface area (Å²) in [6, 6.07) is 15.0. The molecule has 0 spiro atoms. The van der Waals surface area contributed by atoms with Gasteiger partial charge in [0.1, 0.15) is 12.4 Å². The minimum atomic E-state index is -0.251. The fourth-order valence-electron chi connectivity index (χ4n) is 4.24. The second-order valence-electron chi connectivity index (χ2n) is 7.51. The maximum Gasteiger partial charge on any atom is 0.410 e. The van der Waals surface area contributed by atoms with Crippen molar-refractivity contribution >= 4 is 11.7 Å². The molecule has 4 heteroatoms. The molecule has 2 unspecified atom stereocenters. The van der Waals surface area contributed by atoms with Crippen molar-refractivity contribution in [3.05, 3.63) is 77.1 Å². The van der Waals surface area contributed by atoms with E-state index in [9.17, 15) is 9.18 Å². The van der Waals surface area contributed by atoms with E-state index in [1.807, 2.05) is 48.2 Å². The Morgan fingerprint density at radius 2 is 2.00 bits per heavy atom. The molecule has 140 valence electrons. The Morgan fingerprint density at radius 3 is 2.74 bits per heavy atom. The van der Waals surface area contributed by atoms with Gasteiger partial charge in [-0.05, 0) is 67.0 Å². The number of hydrogen-bond acceptors (Lipinski definition) is 2. The first-order valence-electron chi connectivity index (χ1n) is 9.57. The molecule has 2 aliphatic heterocycles. The first-order chi connectivity index (χ1) is 13.1. The molecular formula is C23H24FNO2. The van der Waals surface area contributed by atoms with Crippen LogP contribution in [0.3, 0.4) is 0 Å². The average Bonchev–Trinajstić information content (AvgIpc) is 2.65. The lowest BCUT2D eigenvalue weighted by Crippen LogP contribution is -2.51. The number of amides is 1. The first-order valence-corrected chi connectivity index (χ1v) is 9.57. The maximum absolute atomic E-state index is 13.8. The van der Waals surface area contributed by atoms with E-state index in [2.05, 4.69) is 6.08 Å². The molecule has 2 aliphatic rings. The Balaban J connectivity index is 1.52. The molecule has 2 aromatic carbocycles. The van der Waals surface area contributed by atoms with Gasteiger partial charge in [-0.3, -0.25) is 4.90 Å². The zero-order valence-corrected chi connectivity index (χ0v) is 15.5. The van der Waals surface area contributed by atoms with E-state index in [4.69, 9.17) is 4.74 Å². The molecule has 2 atom stereocenters. The number of rotatable bonds is 3. The van der Waals surface area contributed by atoms with Gasteiger partial charge in [-0.25, -0.2) is 9.18 Å². The number of halogens is 1. The van der Waals surface area contributed by atoms with Gasteiger partial charge >= 0.3 is 6.09 Å². The van der Waals surface area contributed by atoms with Crippen LogP contribution in [0.5, 0.6) is 0 Å². The minimum absolute atomic E-state index is 0.0272. The molecule has 1 fully saturated rings. The predicted octanol–water partition coefficient (Wildman–Crippen LogP) is 5.48. The van der Waals surface area contributed by atoms with Crippen LogP contribution in [0, 0.1) is 12.7 Å². The van der Waals surface area contributed by atoms with Gasteiger partial charge in [-0.1, -0.05) is 42.5 Å². The summed E-state index contributed by atoms with van der Waals surface area (Å²) in [5.41, 5.74) is 3.97. The highest BCUT2D eigenvalue weighted by Gasteiger charge is 2.38. The SMILES string of the molecule is Cc1cc(F)cc(C2=CC3CCCC(C2)N3C(=O)OCc2ccccc2)c1. The second-order valence-corrected chi connectivity index (χ2v) is 7.51. The lowest BCUT2D eigenvalue weighted by Gasteiger charge is -2.44. The molecule has 0 aromatic heterocycles. The Kier molecular flexibility index (Phi) is 4.97. The molecule has 4 rings (SSSR count). The van der Waals surface area contributed by atoms with Gasteiger partial charge in [0.05, 0.1) is 6.04 Å². The molecule has 2 bridgehead atoms. The smallest absolute Gasteiger partial charge is 0.410 e. The van der Waals surface area contributed by atoms with Gasteiger partial charge in [0.15, 0.2) is 0 Å². The number of hydrogen-bond donors (Lipinski definition) is 0. The van der Waals surface area contributed by atoms with Crippen molar-refractivity contribution in [1.29, 1.82) is 0 Å². The summed E-state index contributed by atoms with van der Waals surface area (Å²) in [5.74, 6) is -0.208. The largest absolute Gasteiger partial charge is 0.445 e. The molecule has 1 saturated heterocycles. The summed E-state index contributed by atoms with van der Waals surface area (Å²) in [7, 11) is 0. The van der Waals surface area contributed by atoms with Crippen molar-refractivity contribution in [2.75, 3.05) is 0 Å². The highest BCUT2D eigenvalue weighted by Crippen LogP contribution is 2.37. The number of benzene rings is 2. The second kappa shape index (κ2) is 7.55. The standard InChI is InChI=1S/C23H24FNO2/c1-16-10-18(12-20(24)11-16)19-13-21-8-5-9-22(14-19)25(21)23(26)27-15-17-6-3-2-4-7-17/h2-4,6-7,10-13,21-22H,5,8-9,14-15H2,1H3. The number of carbonyl (C=O) groups is 1. The maximum atomic E-state index is 13.8. The average molecular weight is 365 g/mol. The first kappa shape index (κ1) is 17.8. The normalized spacial score (nSPS) is 21.6. The third-order valence-electron chi connectivity index (χ3n) is 5.47. The summed E-state index contributed by atoms with van der Waals surface area (Å²) in [5, 5.41) is 0. The zero-order valence-electron chi connectivity index (χ0n) is 15.5. The molecule has 3 nitrogen and oxygen atoms in total. The van der Waals surface area contributed by atoms with Crippen LogP contribution in [-0.2, 0) is 11.3 Å². The van der Waals surface area contributed by atoms with Crippen LogP contribution in [0.4, 0.5) is 9.18 Å². The Morgan fingerprint density at radius 1 is 1.19 bits per heavy atom. The van der Waals surface area contributed by atoms with Crippen LogP contribution < -0.4 is 0 Å². The van der Waals surface area contributed by atoms with Crippen molar-refractivity contribution in [2.24, 2.45) is 0 Å². The summed E-state index contributed by atoms with van der Waals surface area (Å²) >= 11 is 0. The number of nitrogens with zero attached hydrogens (tertiary/aromatic N) is 1. The van der Waals surface area contributed by atoms with Crippen molar-refractivity contribution in [1.82, 2.24) is 4.90 Å². The van der Waals surface area contributed by atoms with Crippen LogP contribution in [0.25, 0.3) is 5.57 Å². The van der Waals surface area contributed by atoms with E-state index < -0.39 is 0 Å². The van der Waals surface area contributed by atoms with Gasteiger partial charge in [-0.15, -0.1) is 0 Å². The van der Waals surface area contributed by atoms with Crippen LogP contribution >= 0.6 is 0 Å². The summed E-state index contributed by atoms with van der Waals surface area (Å²) in [6.07, 6.45) is 5.62. The number of piperidine rings is 1. The third-order valence-corrected chi connectivity index (χ3v) is 5.47. The Hall–Kier alpha value is -2.62. The highest BCUT2D eigenvalue weighted by molar-refractivity contribution is 5.74. The quantitative estimate of drug-likeness (QED) is 0.721. The van der Waals surface area contributed by atoms with Crippen molar-refractivity contribution in [3.63, 3.8) is 0 Å². The molecule has 0 saturated carbocycles. The zero-order chi connectivity index (χ0) is 18.8. The van der Waals surface area contributed by atoms with Crippen LogP contribution in [-0.4, -0.2) is 23.1 Å². The van der Waals surface area contributed by atoms with Gasteiger partial charge < -0.3 is 4.74 Å². The molecule has 27 heavy (non-hydrogen) atoms. The third kappa shape index (κ3) is 3.90. The number of carbonyl (C=O) groups excluding carboxylic acids is 1. The minimum Gasteiger partial charge on any atom is -0.445 e. The van der Waals surface area contributed by atoms with E-state index in [0.717, 1.165) is 47.9 Å². The lowest BCUT2D eigenvalue weighted by molar-refractivity contribution is 0.0510. The topological polar surface area (TPSA) is 29.5 Å². The molecular weight excluding hydrogens is 341 g/mol. The van der Waals surface area contributed by atoms with Crippen molar-refractivity contribution in [2.45, 2.75) is 51.3 Å². The van der Waals surface area contributed by atoms with Crippen molar-refractivity contribution < 1.29 is 13.9 Å². The monoisotopic (exact) mass is 365 g/mol. The fraction of sp³-hybridized carbons (Fsp3) is 0.348. The van der Waals surface area contributed by atoms with E-state index in [-0.39, 0.29) is 30.6 Å². The van der Waals surface area contributed by atoms with Gasteiger partial charge in [0.2, 0.25) is 0 Å². The predicted molar refractivity (Wildman–Crippen MR) is 104 cm³/mol. The number of fused-ring (bicyclic) bond motifs is 2. The number of aryl methyl sites for hydroxylation is 1. The number of ether oxygens (including phenoxy) is 1. The molecule has 0 radical (unpaired) electrons. The van der Waals surface area contributed by atoms with E-state index in [1.165, 1.54) is 0 Å². The molecule has 0 N–H and O–H groups in total. The summed E-state index contributed by atoms with van der Waals surface area (Å²) in [6.45, 7) is 2.19. The molecule has 1 amide bonds. The van der Waals surface area contributed by atoms with Crippen LogP contribution in [0.15, 0.2) is 54.6 Å². The van der Waals surface area contributed by atoms with E-state index in [0.29, 0.717) is 0 Å². The van der Waals surface area contributed by atoms with Gasteiger partial charge in [0, 0.05) is 6.04 Å². The highest BCUT2D eigenvalue weighted by atomic mass is 19.1. The lowest BCUT2D eigenvalue weighted by atomic mass is 9.83. The van der Waals surface area contributed by atoms with Gasteiger partial charge in [0.25, 0.3) is 0 Å². The Labute approximate surface area is 159 Å². The Bertz CT molecular complexity index is 842.